The molecule has 17 heavy (non-hydrogen) atoms. The predicted octanol–water partition coefficient (Wildman–Crippen LogP) is 1.71. The lowest BCUT2D eigenvalue weighted by atomic mass is 10.3. The Morgan fingerprint density at radius 1 is 1.65 bits per heavy atom. The third kappa shape index (κ3) is 2.50. The van der Waals surface area contributed by atoms with Crippen LogP contribution >= 0.6 is 11.8 Å². The first-order chi connectivity index (χ1) is 8.08. The number of hydrogen-bond donors (Lipinski definition) is 1. The molecule has 2 heterocycles. The molecule has 2 aromatic rings. The van der Waals surface area contributed by atoms with Crippen LogP contribution in [-0.2, 0) is 12.8 Å². The SMILES string of the molecule is Cc1coc(SCc2c(C(=O)O)cnn2C)n1. The first-order valence-corrected chi connectivity index (χ1v) is 5.85. The van der Waals surface area contributed by atoms with E-state index in [0.29, 0.717) is 16.7 Å². The van der Waals surface area contributed by atoms with Gasteiger partial charge in [-0.15, -0.1) is 0 Å². The van der Waals surface area contributed by atoms with Gasteiger partial charge in [0.25, 0.3) is 5.22 Å². The molecule has 2 aromatic heterocycles. The van der Waals surface area contributed by atoms with E-state index in [0.717, 1.165) is 5.69 Å². The van der Waals surface area contributed by atoms with Gasteiger partial charge in [-0.1, -0.05) is 11.8 Å². The lowest BCUT2D eigenvalue weighted by Gasteiger charge is -2.01. The Labute approximate surface area is 102 Å². The predicted molar refractivity (Wildman–Crippen MR) is 61.0 cm³/mol. The molecule has 0 radical (unpaired) electrons. The molecule has 0 amide bonds. The molecule has 0 saturated heterocycles. The summed E-state index contributed by atoms with van der Waals surface area (Å²) in [4.78, 5) is 15.1. The topological polar surface area (TPSA) is 81.1 Å². The molecule has 0 spiro atoms. The van der Waals surface area contributed by atoms with Gasteiger partial charge >= 0.3 is 5.97 Å². The van der Waals surface area contributed by atoms with Gasteiger partial charge in [0.2, 0.25) is 0 Å². The first kappa shape index (κ1) is 11.7. The molecule has 90 valence electrons. The number of carboxylic acid groups (broad SMARTS) is 1. The van der Waals surface area contributed by atoms with Gasteiger partial charge in [0.05, 0.1) is 17.6 Å². The number of carbonyl (C=O) groups is 1. The third-order valence-corrected chi connectivity index (χ3v) is 3.07. The molecule has 2 rings (SSSR count). The number of oxazole rings is 1. The highest BCUT2D eigenvalue weighted by Crippen LogP contribution is 2.23. The van der Waals surface area contributed by atoms with E-state index >= 15 is 0 Å². The summed E-state index contributed by atoms with van der Waals surface area (Å²) in [5.74, 6) is -0.518. The number of aromatic carboxylic acids is 1. The van der Waals surface area contributed by atoms with Crippen LogP contribution < -0.4 is 0 Å². The largest absolute Gasteiger partial charge is 0.478 e. The molecule has 0 aromatic carbocycles. The van der Waals surface area contributed by atoms with Gasteiger partial charge in [-0.05, 0) is 6.92 Å². The van der Waals surface area contributed by atoms with E-state index in [1.54, 1.807) is 18.0 Å². The summed E-state index contributed by atoms with van der Waals surface area (Å²) in [7, 11) is 1.71. The normalized spacial score (nSPS) is 10.7. The molecular weight excluding hydrogens is 242 g/mol. The summed E-state index contributed by atoms with van der Waals surface area (Å²) >= 11 is 1.34. The maximum absolute atomic E-state index is 10.9. The highest BCUT2D eigenvalue weighted by atomic mass is 32.2. The molecule has 7 heteroatoms. The van der Waals surface area contributed by atoms with Crippen molar-refractivity contribution in [3.8, 4) is 0 Å². The van der Waals surface area contributed by atoms with Crippen LogP contribution in [0.5, 0.6) is 0 Å². The zero-order chi connectivity index (χ0) is 12.4. The average Bonchev–Trinajstić information content (AvgIpc) is 2.82. The molecule has 0 unspecified atom stereocenters. The van der Waals surface area contributed by atoms with E-state index in [-0.39, 0.29) is 5.56 Å². The van der Waals surface area contributed by atoms with Crippen LogP contribution in [0.3, 0.4) is 0 Å². The fraction of sp³-hybridized carbons (Fsp3) is 0.300. The second kappa shape index (κ2) is 4.62. The summed E-state index contributed by atoms with van der Waals surface area (Å²) in [6.45, 7) is 1.83. The number of thioether (sulfide) groups is 1. The minimum Gasteiger partial charge on any atom is -0.478 e. The number of aryl methyl sites for hydroxylation is 2. The third-order valence-electron chi connectivity index (χ3n) is 2.22. The molecular formula is C10H11N3O3S. The molecule has 1 N–H and O–H groups in total. The number of aromatic nitrogens is 3. The van der Waals surface area contributed by atoms with Gasteiger partial charge < -0.3 is 9.52 Å². The summed E-state index contributed by atoms with van der Waals surface area (Å²) in [6.07, 6.45) is 2.91. The quantitative estimate of drug-likeness (QED) is 0.835. The molecule has 0 fully saturated rings. The monoisotopic (exact) mass is 253 g/mol. The Morgan fingerprint density at radius 2 is 2.41 bits per heavy atom. The molecule has 0 saturated carbocycles. The van der Waals surface area contributed by atoms with Crippen LogP contribution in [0.4, 0.5) is 0 Å². The Kier molecular flexibility index (Phi) is 3.19. The first-order valence-electron chi connectivity index (χ1n) is 4.87. The number of carboxylic acids is 1. The van der Waals surface area contributed by atoms with Crippen molar-refractivity contribution in [1.29, 1.82) is 0 Å². The van der Waals surface area contributed by atoms with Gasteiger partial charge in [-0.3, -0.25) is 4.68 Å². The molecule has 0 aliphatic heterocycles. The highest BCUT2D eigenvalue weighted by molar-refractivity contribution is 7.98. The standard InChI is InChI=1S/C10H11N3O3S/c1-6-4-16-10(12-6)17-5-8-7(9(14)15)3-11-13(8)2/h3-4H,5H2,1-2H3,(H,14,15). The zero-order valence-electron chi connectivity index (χ0n) is 9.38. The number of hydrogen-bond acceptors (Lipinski definition) is 5. The highest BCUT2D eigenvalue weighted by Gasteiger charge is 2.15. The summed E-state index contributed by atoms with van der Waals surface area (Å²) < 4.78 is 6.73. The van der Waals surface area contributed by atoms with E-state index in [1.165, 1.54) is 18.0 Å². The van der Waals surface area contributed by atoms with E-state index < -0.39 is 5.97 Å². The lowest BCUT2D eigenvalue weighted by Crippen LogP contribution is -2.03. The van der Waals surface area contributed by atoms with Gasteiger partial charge in [0, 0.05) is 12.8 Å². The van der Waals surface area contributed by atoms with E-state index in [4.69, 9.17) is 9.52 Å². The second-order valence-electron chi connectivity index (χ2n) is 3.48. The maximum Gasteiger partial charge on any atom is 0.339 e. The Hall–Kier alpha value is -1.76. The fourth-order valence-electron chi connectivity index (χ4n) is 1.34. The summed E-state index contributed by atoms with van der Waals surface area (Å²) in [5.41, 5.74) is 1.65. The summed E-state index contributed by atoms with van der Waals surface area (Å²) in [5, 5.41) is 13.4. The van der Waals surface area contributed by atoms with E-state index in [1.807, 2.05) is 6.92 Å². The Morgan fingerprint density at radius 3 is 3.00 bits per heavy atom. The Balaban J connectivity index is 2.13. The minimum absolute atomic E-state index is 0.211. The fourth-order valence-corrected chi connectivity index (χ4v) is 2.27. The van der Waals surface area contributed by atoms with Crippen molar-refractivity contribution < 1.29 is 14.3 Å². The van der Waals surface area contributed by atoms with Crippen LogP contribution in [0.25, 0.3) is 0 Å². The molecule has 0 aliphatic carbocycles. The molecule has 0 aliphatic rings. The van der Waals surface area contributed by atoms with Crippen molar-refractivity contribution in [2.24, 2.45) is 7.05 Å². The van der Waals surface area contributed by atoms with Crippen LogP contribution in [0.2, 0.25) is 0 Å². The maximum atomic E-state index is 10.9. The average molecular weight is 253 g/mol. The van der Waals surface area contributed by atoms with Crippen molar-refractivity contribution in [2.75, 3.05) is 0 Å². The van der Waals surface area contributed by atoms with Gasteiger partial charge in [-0.25, -0.2) is 9.78 Å². The van der Waals surface area contributed by atoms with Gasteiger partial charge in [0.15, 0.2) is 0 Å². The van der Waals surface area contributed by atoms with Crippen molar-refractivity contribution >= 4 is 17.7 Å². The van der Waals surface area contributed by atoms with Crippen molar-refractivity contribution in [3.63, 3.8) is 0 Å². The van der Waals surface area contributed by atoms with Crippen LogP contribution in [0, 0.1) is 6.92 Å². The van der Waals surface area contributed by atoms with Gasteiger partial charge in [0.1, 0.15) is 11.8 Å². The van der Waals surface area contributed by atoms with Gasteiger partial charge in [-0.2, -0.15) is 5.10 Å². The summed E-state index contributed by atoms with van der Waals surface area (Å²) in [6, 6.07) is 0. The molecule has 0 atom stereocenters. The molecule has 6 nitrogen and oxygen atoms in total. The van der Waals surface area contributed by atoms with Crippen molar-refractivity contribution in [1.82, 2.24) is 14.8 Å². The zero-order valence-corrected chi connectivity index (χ0v) is 10.2. The van der Waals surface area contributed by atoms with Crippen LogP contribution in [0.15, 0.2) is 22.1 Å². The molecule has 0 bridgehead atoms. The van der Waals surface area contributed by atoms with Crippen LogP contribution in [-0.4, -0.2) is 25.8 Å². The van der Waals surface area contributed by atoms with Crippen molar-refractivity contribution in [2.45, 2.75) is 17.9 Å². The smallest absolute Gasteiger partial charge is 0.339 e. The second-order valence-corrected chi connectivity index (χ2v) is 4.40. The van der Waals surface area contributed by atoms with Crippen molar-refractivity contribution in [3.05, 3.63) is 29.4 Å². The van der Waals surface area contributed by atoms with E-state index in [2.05, 4.69) is 10.1 Å². The van der Waals surface area contributed by atoms with E-state index in [9.17, 15) is 4.79 Å². The number of rotatable bonds is 4. The Bertz CT molecular complexity index is 547. The number of nitrogens with zero attached hydrogens (tertiary/aromatic N) is 3. The van der Waals surface area contributed by atoms with Crippen LogP contribution in [0.1, 0.15) is 21.7 Å². The minimum atomic E-state index is -0.975. The lowest BCUT2D eigenvalue weighted by molar-refractivity contribution is 0.0696.